The van der Waals surface area contributed by atoms with Crippen molar-refractivity contribution in [3.63, 3.8) is 0 Å². The van der Waals surface area contributed by atoms with Crippen LogP contribution in [0.2, 0.25) is 0 Å². The van der Waals surface area contributed by atoms with Crippen LogP contribution < -0.4 is 6.15 Å². The van der Waals surface area contributed by atoms with E-state index in [0.717, 1.165) is 0 Å². The minimum absolute atomic E-state index is 0. The van der Waals surface area contributed by atoms with E-state index >= 15 is 0 Å². The topological polar surface area (TPSA) is 483 Å². The van der Waals surface area contributed by atoms with Crippen molar-refractivity contribution in [2.24, 2.45) is 0 Å². The summed E-state index contributed by atoms with van der Waals surface area (Å²) in [6, 6.07) is 0. The average molecular weight is 989 g/mol. The molecular formula is H15Mo6NO24. The molecule has 0 spiro atoms. The molecule has 0 heterocycles. The van der Waals surface area contributed by atoms with E-state index in [1.165, 1.54) is 0 Å². The fourth-order valence-corrected chi connectivity index (χ4v) is 0. The van der Waals surface area contributed by atoms with Crippen molar-refractivity contribution < 1.29 is 186 Å². The molecule has 0 aliphatic heterocycles. The molecule has 0 aromatic carbocycles. The van der Waals surface area contributed by atoms with E-state index in [1.54, 1.807) is 0 Å². The summed E-state index contributed by atoms with van der Waals surface area (Å²) in [6.45, 7) is 0. The Bertz CT molecular complexity index is 760. The molecule has 200 valence electrons. The van der Waals surface area contributed by atoms with Gasteiger partial charge in [0.05, 0.1) is 0 Å². The van der Waals surface area contributed by atoms with Crippen molar-refractivity contribution in [2.45, 2.75) is 0 Å². The molecular weight excluding hydrogens is 974 g/mol. The second-order valence-corrected chi connectivity index (χ2v) is 15.9. The molecule has 0 aromatic heterocycles. The number of hydrogen-bond acceptors (Lipinski definition) is 13. The summed E-state index contributed by atoms with van der Waals surface area (Å²) in [7, 11) is 0. The molecule has 0 atom stereocenters. The molecule has 0 fully saturated rings. The fourth-order valence-electron chi connectivity index (χ4n) is 0. The molecule has 0 saturated carbocycles. The van der Waals surface area contributed by atoms with E-state index in [0.29, 0.717) is 0 Å². The predicted molar refractivity (Wildman–Crippen MR) is 39.9 cm³/mol. The first-order valence-electron chi connectivity index (χ1n) is 4.19. The van der Waals surface area contributed by atoms with Crippen molar-refractivity contribution in [3.05, 3.63) is 0 Å². The molecule has 31 heavy (non-hydrogen) atoms. The van der Waals surface area contributed by atoms with Gasteiger partial charge < -0.3 is 6.15 Å². The van der Waals surface area contributed by atoms with Gasteiger partial charge in [-0.05, 0) is 0 Å². The normalized spacial score (nSPS) is 11.2. The summed E-state index contributed by atoms with van der Waals surface area (Å²) in [6.07, 6.45) is 0. The van der Waals surface area contributed by atoms with Gasteiger partial charge >= 0.3 is 186 Å². The van der Waals surface area contributed by atoms with E-state index < -0.39 is 100 Å². The van der Waals surface area contributed by atoms with Gasteiger partial charge in [0.25, 0.3) is 0 Å². The average Bonchev–Trinajstić information content (AvgIpc) is 1.94. The van der Waals surface area contributed by atoms with Gasteiger partial charge in [0.2, 0.25) is 0 Å². The molecule has 0 aromatic rings. The van der Waals surface area contributed by atoms with Gasteiger partial charge in [-0.1, -0.05) is 0 Å². The van der Waals surface area contributed by atoms with Gasteiger partial charge in [0, 0.05) is 0 Å². The maximum absolute atomic E-state index is 8.85. The third kappa shape index (κ3) is 18200. The molecule has 15 N–H and O–H groups in total. The van der Waals surface area contributed by atoms with Crippen LogP contribution in [0, 0.1) is 0 Å². The molecule has 0 bridgehead atoms. The van der Waals surface area contributed by atoms with Gasteiger partial charge in [0.1, 0.15) is 0 Å². The third-order valence-electron chi connectivity index (χ3n) is 0. The standard InChI is InChI=1S/6Mo.H3N.12H2O.12O/h;;;;;;1H3;12*1H2;;;;;;;;;;;;/q6*+2;;;;;;;;;;;;;;;;;;;;;;;;;/p-12. The Balaban J connectivity index is -0.0000000443. The van der Waals surface area contributed by atoms with Crippen LogP contribution in [0.3, 0.4) is 0 Å². The molecule has 0 radical (unpaired) electrons. The summed E-state index contributed by atoms with van der Waals surface area (Å²) in [5, 5.41) is 0. The van der Waals surface area contributed by atoms with Crippen molar-refractivity contribution >= 4 is 0 Å². The quantitative estimate of drug-likeness (QED) is 0.100. The van der Waals surface area contributed by atoms with Crippen LogP contribution in [0.4, 0.5) is 0 Å². The first kappa shape index (κ1) is 49.4. The summed E-state index contributed by atoms with van der Waals surface area (Å²) < 4.78 is 192. The van der Waals surface area contributed by atoms with Crippen molar-refractivity contribution in [2.75, 3.05) is 0 Å². The summed E-state index contributed by atoms with van der Waals surface area (Å²) >= 11 is -33.1. The third-order valence-corrected chi connectivity index (χ3v) is 0. The van der Waals surface area contributed by atoms with Gasteiger partial charge in [-0.15, -0.1) is 0 Å². The Morgan fingerprint density at radius 1 is 0.226 bits per heavy atom. The number of rotatable bonds is 0. The molecule has 0 rings (SSSR count). The molecule has 0 amide bonds. The van der Waals surface area contributed by atoms with E-state index in [-0.39, 0.29) is 6.15 Å². The number of hydrogen-bond donors (Lipinski definition) is 13. The van der Waals surface area contributed by atoms with Crippen molar-refractivity contribution in [3.8, 4) is 0 Å². The molecule has 25 nitrogen and oxygen atoms in total. The van der Waals surface area contributed by atoms with Crippen LogP contribution >= 0.6 is 0 Å². The molecule has 0 saturated heterocycles. The first-order chi connectivity index (χ1) is 12.0. The zero-order valence-corrected chi connectivity index (χ0v) is 25.5. The zero-order chi connectivity index (χ0) is 27.0. The summed E-state index contributed by atoms with van der Waals surface area (Å²) in [5.74, 6) is 0. The second kappa shape index (κ2) is 20.6. The van der Waals surface area contributed by atoms with E-state index in [1.807, 2.05) is 0 Å². The maximum atomic E-state index is 8.85. The van der Waals surface area contributed by atoms with Crippen LogP contribution in [0.5, 0.6) is 0 Å². The van der Waals surface area contributed by atoms with E-state index in [9.17, 15) is 0 Å². The van der Waals surface area contributed by atoms with Crippen LogP contribution in [-0.4, -0.2) is 45.1 Å². The molecule has 0 unspecified atom stereocenters. The van der Waals surface area contributed by atoms with Gasteiger partial charge in [0.15, 0.2) is 0 Å². The molecule has 31 heteroatoms. The van der Waals surface area contributed by atoms with E-state index in [4.69, 9.17) is 85.9 Å². The monoisotopic (exact) mass is 1000 g/mol. The Hall–Kier alpha value is 1.21. The van der Waals surface area contributed by atoms with E-state index in [2.05, 4.69) is 0 Å². The Labute approximate surface area is 190 Å². The predicted octanol–water partition coefficient (Wildman–Crippen LogP) is -7.96. The Morgan fingerprint density at radius 3 is 0.226 bits per heavy atom. The Kier molecular flexibility index (Phi) is 32.8. The molecule has 0 aliphatic carbocycles. The first-order valence-corrected chi connectivity index (χ1v) is 24.8. The SMILES string of the molecule is N.[O]=[Mo](=[O])([OH])[OH].[O]=[Mo](=[O])([OH])[OH].[O]=[Mo](=[O])([OH])[OH].[O]=[Mo](=[O])([OH])[OH].[O]=[Mo](=[O])([OH])[OH].[O]=[Mo](=[O])([OH])[OH]. The minimum atomic E-state index is -5.52. The van der Waals surface area contributed by atoms with Gasteiger partial charge in [-0.3, -0.25) is 0 Å². The van der Waals surface area contributed by atoms with Crippen molar-refractivity contribution in [1.29, 1.82) is 0 Å². The van der Waals surface area contributed by atoms with Crippen LogP contribution in [0.15, 0.2) is 0 Å². The van der Waals surface area contributed by atoms with Crippen molar-refractivity contribution in [1.82, 2.24) is 6.15 Å². The Morgan fingerprint density at radius 2 is 0.226 bits per heavy atom. The zero-order valence-electron chi connectivity index (χ0n) is 13.4. The van der Waals surface area contributed by atoms with Gasteiger partial charge in [-0.2, -0.15) is 0 Å². The second-order valence-electron chi connectivity index (χ2n) is 2.69. The summed E-state index contributed by atoms with van der Waals surface area (Å²) in [5.41, 5.74) is 0. The van der Waals surface area contributed by atoms with Crippen LogP contribution in [0.25, 0.3) is 0 Å². The van der Waals surface area contributed by atoms with Crippen LogP contribution in [-0.2, 0) is 141 Å². The summed E-state index contributed by atoms with van der Waals surface area (Å²) in [4.78, 5) is 0. The van der Waals surface area contributed by atoms with Gasteiger partial charge in [-0.25, -0.2) is 0 Å². The fraction of sp³-hybridized carbons (Fsp3) is 0. The molecule has 0 aliphatic rings. The van der Waals surface area contributed by atoms with Crippen LogP contribution in [0.1, 0.15) is 0 Å².